The van der Waals surface area contributed by atoms with Crippen molar-refractivity contribution in [3.63, 3.8) is 0 Å². The van der Waals surface area contributed by atoms with E-state index in [1.807, 2.05) is 23.6 Å². The number of carbonyl (C=O) groups excluding carboxylic acids is 1. The van der Waals surface area contributed by atoms with Crippen LogP contribution < -0.4 is 5.32 Å². The Balaban J connectivity index is 1.46. The van der Waals surface area contributed by atoms with Gasteiger partial charge < -0.3 is 14.8 Å². The predicted molar refractivity (Wildman–Crippen MR) is 77.5 cm³/mol. The minimum atomic E-state index is 0.140. The highest BCUT2D eigenvalue weighted by molar-refractivity contribution is 5.74. The molecule has 5 heteroatoms. The van der Waals surface area contributed by atoms with Gasteiger partial charge in [-0.05, 0) is 25.7 Å². The first kappa shape index (κ1) is 13.5. The van der Waals surface area contributed by atoms with E-state index in [4.69, 9.17) is 0 Å². The highest BCUT2D eigenvalue weighted by Crippen LogP contribution is 2.23. The molecule has 2 heterocycles. The lowest BCUT2D eigenvalue weighted by Crippen LogP contribution is -2.48. The van der Waals surface area contributed by atoms with Gasteiger partial charge in [0.05, 0.1) is 6.33 Å². The average molecular weight is 276 g/mol. The molecule has 1 N–H and O–H groups in total. The van der Waals surface area contributed by atoms with Gasteiger partial charge in [-0.3, -0.25) is 0 Å². The van der Waals surface area contributed by atoms with E-state index in [0.717, 1.165) is 38.8 Å². The first-order valence-corrected chi connectivity index (χ1v) is 7.86. The fourth-order valence-corrected chi connectivity index (χ4v) is 3.37. The molecule has 0 spiro atoms. The third-order valence-electron chi connectivity index (χ3n) is 4.63. The molecule has 20 heavy (non-hydrogen) atoms. The van der Waals surface area contributed by atoms with Crippen molar-refractivity contribution in [3.05, 3.63) is 18.7 Å². The molecule has 1 aliphatic carbocycles. The van der Waals surface area contributed by atoms with Crippen LogP contribution in [-0.4, -0.2) is 39.6 Å². The number of likely N-dealkylation sites (tertiary alicyclic amines) is 1. The van der Waals surface area contributed by atoms with E-state index in [2.05, 4.69) is 14.9 Å². The molecule has 0 bridgehead atoms. The number of aromatic nitrogens is 2. The van der Waals surface area contributed by atoms with Crippen LogP contribution in [0.25, 0.3) is 0 Å². The summed E-state index contributed by atoms with van der Waals surface area (Å²) in [7, 11) is 0. The molecule has 0 atom stereocenters. The SMILES string of the molecule is O=C(NC1CCCCC1)N1CCC(n2ccnc2)CC1. The van der Waals surface area contributed by atoms with Gasteiger partial charge in [-0.1, -0.05) is 19.3 Å². The number of rotatable bonds is 2. The minimum absolute atomic E-state index is 0.140. The van der Waals surface area contributed by atoms with Crippen LogP contribution in [-0.2, 0) is 0 Å². The van der Waals surface area contributed by atoms with Gasteiger partial charge in [0, 0.05) is 37.6 Å². The molecule has 1 aromatic heterocycles. The molecule has 2 fully saturated rings. The Kier molecular flexibility index (Phi) is 4.23. The van der Waals surface area contributed by atoms with Crippen LogP contribution in [0.15, 0.2) is 18.7 Å². The lowest BCUT2D eigenvalue weighted by molar-refractivity contribution is 0.165. The van der Waals surface area contributed by atoms with Gasteiger partial charge in [0.1, 0.15) is 0 Å². The van der Waals surface area contributed by atoms with E-state index in [0.29, 0.717) is 12.1 Å². The molecule has 1 aromatic rings. The van der Waals surface area contributed by atoms with E-state index < -0.39 is 0 Å². The fraction of sp³-hybridized carbons (Fsp3) is 0.733. The molecule has 0 unspecified atom stereocenters. The topological polar surface area (TPSA) is 50.2 Å². The monoisotopic (exact) mass is 276 g/mol. The molecule has 1 saturated heterocycles. The summed E-state index contributed by atoms with van der Waals surface area (Å²) in [6, 6.07) is 1.04. The molecule has 2 aliphatic rings. The van der Waals surface area contributed by atoms with Gasteiger partial charge in [-0.15, -0.1) is 0 Å². The zero-order chi connectivity index (χ0) is 13.8. The van der Waals surface area contributed by atoms with Gasteiger partial charge >= 0.3 is 6.03 Å². The number of amides is 2. The summed E-state index contributed by atoms with van der Waals surface area (Å²) < 4.78 is 2.16. The minimum Gasteiger partial charge on any atom is -0.335 e. The van der Waals surface area contributed by atoms with Crippen LogP contribution in [0.5, 0.6) is 0 Å². The number of carbonyl (C=O) groups is 1. The van der Waals surface area contributed by atoms with Crippen molar-refractivity contribution < 1.29 is 4.79 Å². The van der Waals surface area contributed by atoms with Gasteiger partial charge in [-0.25, -0.2) is 9.78 Å². The van der Waals surface area contributed by atoms with Crippen LogP contribution in [0.4, 0.5) is 4.79 Å². The summed E-state index contributed by atoms with van der Waals surface area (Å²) in [6.45, 7) is 1.70. The number of hydrogen-bond acceptors (Lipinski definition) is 2. The summed E-state index contributed by atoms with van der Waals surface area (Å²) >= 11 is 0. The number of piperidine rings is 1. The molecule has 5 nitrogen and oxygen atoms in total. The maximum Gasteiger partial charge on any atom is 0.317 e. The van der Waals surface area contributed by atoms with Crippen LogP contribution >= 0.6 is 0 Å². The highest BCUT2D eigenvalue weighted by atomic mass is 16.2. The lowest BCUT2D eigenvalue weighted by atomic mass is 9.95. The number of hydrogen-bond donors (Lipinski definition) is 1. The predicted octanol–water partition coefficient (Wildman–Crippen LogP) is 2.56. The number of nitrogens with zero attached hydrogens (tertiary/aromatic N) is 3. The van der Waals surface area contributed by atoms with Crippen molar-refractivity contribution >= 4 is 6.03 Å². The average Bonchev–Trinajstić information content (AvgIpc) is 3.03. The van der Waals surface area contributed by atoms with Crippen molar-refractivity contribution in [2.45, 2.75) is 57.0 Å². The maximum atomic E-state index is 12.3. The summed E-state index contributed by atoms with van der Waals surface area (Å²) in [6.07, 6.45) is 13.9. The zero-order valence-electron chi connectivity index (χ0n) is 12.0. The molecular weight excluding hydrogens is 252 g/mol. The fourth-order valence-electron chi connectivity index (χ4n) is 3.37. The van der Waals surface area contributed by atoms with E-state index >= 15 is 0 Å². The molecular formula is C15H24N4O. The van der Waals surface area contributed by atoms with Crippen molar-refractivity contribution in [3.8, 4) is 0 Å². The molecule has 0 aromatic carbocycles. The second-order valence-electron chi connectivity index (χ2n) is 6.01. The standard InChI is InChI=1S/C15H24N4O/c20-15(17-13-4-2-1-3-5-13)18-9-6-14(7-10-18)19-11-8-16-12-19/h8,11-14H,1-7,9-10H2,(H,17,20). The Hall–Kier alpha value is -1.52. The Morgan fingerprint density at radius 2 is 1.85 bits per heavy atom. The van der Waals surface area contributed by atoms with Crippen LogP contribution in [0.2, 0.25) is 0 Å². The first-order chi connectivity index (χ1) is 9.83. The first-order valence-electron chi connectivity index (χ1n) is 7.86. The summed E-state index contributed by atoms with van der Waals surface area (Å²) in [5.74, 6) is 0. The van der Waals surface area contributed by atoms with E-state index in [1.54, 1.807) is 0 Å². The van der Waals surface area contributed by atoms with Gasteiger partial charge in [0.2, 0.25) is 0 Å². The number of nitrogens with one attached hydrogen (secondary N) is 1. The van der Waals surface area contributed by atoms with E-state index in [9.17, 15) is 4.79 Å². The normalized spacial score (nSPS) is 21.9. The number of imidazole rings is 1. The third-order valence-corrected chi connectivity index (χ3v) is 4.63. The molecule has 1 saturated carbocycles. The van der Waals surface area contributed by atoms with Crippen LogP contribution in [0.3, 0.4) is 0 Å². The summed E-state index contributed by atoms with van der Waals surface area (Å²) in [5.41, 5.74) is 0. The highest BCUT2D eigenvalue weighted by Gasteiger charge is 2.25. The Bertz CT molecular complexity index is 417. The lowest BCUT2D eigenvalue weighted by Gasteiger charge is -2.34. The van der Waals surface area contributed by atoms with Crippen molar-refractivity contribution in [1.29, 1.82) is 0 Å². The molecule has 2 amide bonds. The number of urea groups is 1. The Morgan fingerprint density at radius 1 is 1.10 bits per heavy atom. The van der Waals surface area contributed by atoms with Gasteiger partial charge in [0.25, 0.3) is 0 Å². The largest absolute Gasteiger partial charge is 0.335 e. The summed E-state index contributed by atoms with van der Waals surface area (Å²) in [5, 5.41) is 3.21. The smallest absolute Gasteiger partial charge is 0.317 e. The van der Waals surface area contributed by atoms with Crippen LogP contribution in [0.1, 0.15) is 51.0 Å². The maximum absolute atomic E-state index is 12.3. The van der Waals surface area contributed by atoms with Crippen molar-refractivity contribution in [1.82, 2.24) is 19.8 Å². The second-order valence-corrected chi connectivity index (χ2v) is 6.01. The Labute approximate surface area is 120 Å². The Morgan fingerprint density at radius 3 is 2.50 bits per heavy atom. The third kappa shape index (κ3) is 3.14. The molecule has 0 radical (unpaired) electrons. The zero-order valence-corrected chi connectivity index (χ0v) is 12.0. The quantitative estimate of drug-likeness (QED) is 0.902. The van der Waals surface area contributed by atoms with E-state index in [-0.39, 0.29) is 6.03 Å². The van der Waals surface area contributed by atoms with Gasteiger partial charge in [0.15, 0.2) is 0 Å². The molecule has 3 rings (SSSR count). The van der Waals surface area contributed by atoms with Gasteiger partial charge in [-0.2, -0.15) is 0 Å². The van der Waals surface area contributed by atoms with E-state index in [1.165, 1.54) is 19.3 Å². The second kappa shape index (κ2) is 6.29. The van der Waals surface area contributed by atoms with Crippen molar-refractivity contribution in [2.75, 3.05) is 13.1 Å². The summed E-state index contributed by atoms with van der Waals surface area (Å²) in [4.78, 5) is 18.3. The molecule has 1 aliphatic heterocycles. The van der Waals surface area contributed by atoms with Crippen LogP contribution in [0, 0.1) is 0 Å². The van der Waals surface area contributed by atoms with Crippen molar-refractivity contribution in [2.24, 2.45) is 0 Å². The molecule has 110 valence electrons.